The van der Waals surface area contributed by atoms with Gasteiger partial charge in [0.25, 0.3) is 0 Å². The monoisotopic (exact) mass is 137 g/mol. The fraction of sp³-hybridized carbons (Fsp3) is 0.625. The lowest BCUT2D eigenvalue weighted by Gasteiger charge is -1.99. The maximum atomic E-state index is 4.07. The highest BCUT2D eigenvalue weighted by Crippen LogP contribution is 2.03. The van der Waals surface area contributed by atoms with Gasteiger partial charge in [-0.1, -0.05) is 6.92 Å². The van der Waals surface area contributed by atoms with Gasteiger partial charge in [0.15, 0.2) is 6.33 Å². The van der Waals surface area contributed by atoms with Crippen LogP contribution in [-0.2, 0) is 6.54 Å². The first kappa shape index (κ1) is 7.32. The van der Waals surface area contributed by atoms with E-state index in [0.29, 0.717) is 0 Å². The predicted molar refractivity (Wildman–Crippen MR) is 40.8 cm³/mol. The Morgan fingerprint density at radius 1 is 1.50 bits per heavy atom. The molecule has 1 aromatic rings. The molecule has 0 aliphatic carbocycles. The van der Waals surface area contributed by atoms with E-state index in [1.165, 1.54) is 5.69 Å². The van der Waals surface area contributed by atoms with Crippen molar-refractivity contribution in [1.29, 1.82) is 0 Å². The zero-order chi connectivity index (χ0) is 7.56. The molecule has 1 radical (unpaired) electrons. The lowest BCUT2D eigenvalue weighted by molar-refractivity contribution is 0.656. The molecule has 1 rings (SSSR count). The van der Waals surface area contributed by atoms with Crippen LogP contribution < -0.4 is 0 Å². The highest BCUT2D eigenvalue weighted by atomic mass is 15.0. The van der Waals surface area contributed by atoms with Crippen LogP contribution in [0.5, 0.6) is 0 Å². The maximum absolute atomic E-state index is 4.07. The van der Waals surface area contributed by atoms with Gasteiger partial charge in [-0.15, -0.1) is 0 Å². The Bertz CT molecular complexity index is 213. The molecule has 55 valence electrons. The van der Waals surface area contributed by atoms with Gasteiger partial charge in [-0.05, 0) is 20.3 Å². The van der Waals surface area contributed by atoms with E-state index in [4.69, 9.17) is 0 Å². The summed E-state index contributed by atoms with van der Waals surface area (Å²) in [5, 5.41) is 0. The normalized spacial score (nSPS) is 10.3. The van der Waals surface area contributed by atoms with Crippen molar-refractivity contribution in [1.82, 2.24) is 9.55 Å². The van der Waals surface area contributed by atoms with E-state index >= 15 is 0 Å². The van der Waals surface area contributed by atoms with Gasteiger partial charge in [0.2, 0.25) is 0 Å². The van der Waals surface area contributed by atoms with Crippen molar-refractivity contribution in [3.05, 3.63) is 17.7 Å². The van der Waals surface area contributed by atoms with Gasteiger partial charge in [-0.3, -0.25) is 0 Å². The third kappa shape index (κ3) is 1.20. The highest BCUT2D eigenvalue weighted by Gasteiger charge is 1.99. The Morgan fingerprint density at radius 2 is 2.20 bits per heavy atom. The fourth-order valence-electron chi connectivity index (χ4n) is 0.928. The number of hydrogen-bond donors (Lipinski definition) is 0. The number of rotatable bonds is 2. The first-order chi connectivity index (χ1) is 4.75. The van der Waals surface area contributed by atoms with E-state index in [-0.39, 0.29) is 0 Å². The number of imidazole rings is 1. The molecule has 0 unspecified atom stereocenters. The molecule has 0 bridgehead atoms. The number of aryl methyl sites for hydroxylation is 2. The molecule has 10 heavy (non-hydrogen) atoms. The minimum absolute atomic E-state index is 1.03. The molecule has 0 atom stereocenters. The summed E-state index contributed by atoms with van der Waals surface area (Å²) in [7, 11) is 0. The molecule has 0 aromatic carbocycles. The summed E-state index contributed by atoms with van der Waals surface area (Å²) in [6.07, 6.45) is 4.09. The van der Waals surface area contributed by atoms with Crippen molar-refractivity contribution in [3.63, 3.8) is 0 Å². The molecule has 0 aliphatic heterocycles. The van der Waals surface area contributed by atoms with Crippen molar-refractivity contribution in [3.8, 4) is 0 Å². The zero-order valence-corrected chi connectivity index (χ0v) is 6.81. The van der Waals surface area contributed by atoms with Crippen LogP contribution in [-0.4, -0.2) is 9.55 Å². The minimum atomic E-state index is 1.03. The van der Waals surface area contributed by atoms with Crippen LogP contribution in [0.4, 0.5) is 0 Å². The van der Waals surface area contributed by atoms with Crippen molar-refractivity contribution in [2.45, 2.75) is 33.7 Å². The summed E-state index contributed by atoms with van der Waals surface area (Å²) >= 11 is 0. The molecule has 0 amide bonds. The Balaban J connectivity index is 2.83. The van der Waals surface area contributed by atoms with Crippen LogP contribution in [0.15, 0.2) is 0 Å². The summed E-state index contributed by atoms with van der Waals surface area (Å²) < 4.78 is 2.06. The summed E-state index contributed by atoms with van der Waals surface area (Å²) in [4.78, 5) is 4.07. The van der Waals surface area contributed by atoms with Crippen molar-refractivity contribution >= 4 is 0 Å². The van der Waals surface area contributed by atoms with Gasteiger partial charge in [-0.2, -0.15) is 0 Å². The fourth-order valence-corrected chi connectivity index (χ4v) is 0.928. The standard InChI is InChI=1S/C8H13N2/c1-4-5-10-6-9-7(2)8(10)3/h4-5H2,1-3H3. The molecule has 0 aliphatic rings. The predicted octanol–water partition coefficient (Wildman–Crippen LogP) is 1.71. The van der Waals surface area contributed by atoms with Crippen LogP contribution in [0, 0.1) is 20.2 Å². The van der Waals surface area contributed by atoms with Crippen LogP contribution in [0.3, 0.4) is 0 Å². The van der Waals surface area contributed by atoms with Gasteiger partial charge < -0.3 is 4.57 Å². The maximum Gasteiger partial charge on any atom is 0.176 e. The molecule has 0 spiro atoms. The molecule has 0 saturated heterocycles. The number of nitrogens with zero attached hydrogens (tertiary/aromatic N) is 2. The highest BCUT2D eigenvalue weighted by molar-refractivity contribution is 5.07. The van der Waals surface area contributed by atoms with Gasteiger partial charge in [0.05, 0.1) is 5.69 Å². The van der Waals surface area contributed by atoms with Crippen LogP contribution in [0.25, 0.3) is 0 Å². The second kappa shape index (κ2) is 2.86. The quantitative estimate of drug-likeness (QED) is 0.606. The molecule has 2 nitrogen and oxygen atoms in total. The molecular weight excluding hydrogens is 124 g/mol. The topological polar surface area (TPSA) is 17.8 Å². The first-order valence-electron chi connectivity index (χ1n) is 3.67. The van der Waals surface area contributed by atoms with Crippen LogP contribution >= 0.6 is 0 Å². The van der Waals surface area contributed by atoms with E-state index in [9.17, 15) is 0 Å². The Labute approximate surface area is 61.9 Å². The summed E-state index contributed by atoms with van der Waals surface area (Å²) in [5.74, 6) is 0. The average Bonchev–Trinajstić information content (AvgIpc) is 2.20. The number of hydrogen-bond acceptors (Lipinski definition) is 1. The minimum Gasteiger partial charge on any atom is -0.326 e. The Morgan fingerprint density at radius 3 is 2.60 bits per heavy atom. The van der Waals surface area contributed by atoms with Gasteiger partial charge >= 0.3 is 0 Å². The second-order valence-electron chi connectivity index (χ2n) is 2.53. The average molecular weight is 137 g/mol. The number of aromatic nitrogens is 2. The van der Waals surface area contributed by atoms with Crippen LogP contribution in [0.2, 0.25) is 0 Å². The van der Waals surface area contributed by atoms with Crippen LogP contribution in [0.1, 0.15) is 24.7 Å². The molecule has 2 heteroatoms. The van der Waals surface area contributed by atoms with E-state index < -0.39 is 0 Å². The van der Waals surface area contributed by atoms with Crippen molar-refractivity contribution < 1.29 is 0 Å². The first-order valence-corrected chi connectivity index (χ1v) is 3.67. The molecule has 0 saturated carbocycles. The van der Waals surface area contributed by atoms with Crippen molar-refractivity contribution in [2.24, 2.45) is 0 Å². The third-order valence-corrected chi connectivity index (χ3v) is 1.71. The van der Waals surface area contributed by atoms with E-state index in [1.807, 2.05) is 6.92 Å². The van der Waals surface area contributed by atoms with E-state index in [1.54, 1.807) is 0 Å². The van der Waals surface area contributed by atoms with E-state index in [0.717, 1.165) is 18.7 Å². The largest absolute Gasteiger partial charge is 0.326 e. The molecule has 0 fully saturated rings. The summed E-state index contributed by atoms with van der Waals surface area (Å²) in [6, 6.07) is 0. The molecule has 0 N–H and O–H groups in total. The van der Waals surface area contributed by atoms with E-state index in [2.05, 4.69) is 29.7 Å². The smallest absolute Gasteiger partial charge is 0.176 e. The Hall–Kier alpha value is -0.790. The molecule has 1 heterocycles. The molecular formula is C8H13N2. The molecule has 1 aromatic heterocycles. The van der Waals surface area contributed by atoms with Gasteiger partial charge in [-0.25, -0.2) is 4.98 Å². The SMILES string of the molecule is CCCn1[c]nc(C)c1C. The lowest BCUT2D eigenvalue weighted by Crippen LogP contribution is -1.97. The summed E-state index contributed by atoms with van der Waals surface area (Å²) in [5.41, 5.74) is 2.33. The Kier molecular flexibility index (Phi) is 2.10. The van der Waals surface area contributed by atoms with Crippen molar-refractivity contribution in [2.75, 3.05) is 0 Å². The zero-order valence-electron chi connectivity index (χ0n) is 6.81. The van der Waals surface area contributed by atoms with Gasteiger partial charge in [0.1, 0.15) is 0 Å². The van der Waals surface area contributed by atoms with Gasteiger partial charge in [0, 0.05) is 12.2 Å². The second-order valence-corrected chi connectivity index (χ2v) is 2.53. The lowest BCUT2D eigenvalue weighted by atomic mass is 10.3. The summed E-state index contributed by atoms with van der Waals surface area (Å²) in [6.45, 7) is 7.28. The third-order valence-electron chi connectivity index (χ3n) is 1.71.